The zero-order valence-electron chi connectivity index (χ0n) is 15.8. The van der Waals surface area contributed by atoms with E-state index >= 15 is 0 Å². The molecule has 0 N–H and O–H groups in total. The fourth-order valence-corrected chi connectivity index (χ4v) is 3.81. The van der Waals surface area contributed by atoms with Gasteiger partial charge in [-0.15, -0.1) is 0 Å². The molecule has 0 atom stereocenters. The Morgan fingerprint density at radius 3 is 2.73 bits per heavy atom. The number of ether oxygens (including phenoxy) is 1. The molecule has 0 spiro atoms. The number of hydrogen-bond acceptors (Lipinski definition) is 3. The lowest BCUT2D eigenvalue weighted by atomic mass is 10.0. The van der Waals surface area contributed by atoms with Crippen molar-refractivity contribution >= 4 is 22.8 Å². The summed E-state index contributed by atoms with van der Waals surface area (Å²) in [5, 5.41) is 1.14. The van der Waals surface area contributed by atoms with Crippen LogP contribution in [0.3, 0.4) is 0 Å². The van der Waals surface area contributed by atoms with Gasteiger partial charge < -0.3 is 14.2 Å². The molecule has 1 amide bonds. The largest absolute Gasteiger partial charge is 0.465 e. The molecule has 5 nitrogen and oxygen atoms in total. The number of nitrogens with zero attached hydrogens (tertiary/aromatic N) is 2. The zero-order chi connectivity index (χ0) is 18.5. The van der Waals surface area contributed by atoms with Crippen molar-refractivity contribution in [2.75, 3.05) is 13.2 Å². The van der Waals surface area contributed by atoms with Crippen molar-refractivity contribution in [1.82, 2.24) is 9.47 Å². The van der Waals surface area contributed by atoms with Crippen molar-refractivity contribution in [2.24, 2.45) is 0 Å². The van der Waals surface area contributed by atoms with Crippen molar-refractivity contribution in [2.45, 2.75) is 59.0 Å². The number of hydrogen-bond donors (Lipinski definition) is 0. The van der Waals surface area contributed by atoms with Crippen molar-refractivity contribution in [1.29, 1.82) is 0 Å². The van der Waals surface area contributed by atoms with Crippen LogP contribution in [0.5, 0.6) is 0 Å². The summed E-state index contributed by atoms with van der Waals surface area (Å²) >= 11 is 0. The maximum absolute atomic E-state index is 12.5. The highest BCUT2D eigenvalue weighted by Crippen LogP contribution is 2.31. The van der Waals surface area contributed by atoms with Crippen molar-refractivity contribution in [3.05, 3.63) is 35.5 Å². The Kier molecular flexibility index (Phi) is 5.96. The van der Waals surface area contributed by atoms with E-state index in [1.54, 1.807) is 0 Å². The molecule has 0 radical (unpaired) electrons. The monoisotopic (exact) mass is 356 g/mol. The molecule has 1 aliphatic rings. The second-order valence-corrected chi connectivity index (χ2v) is 6.86. The topological polar surface area (TPSA) is 51.5 Å². The molecule has 1 aromatic heterocycles. The SMILES string of the molecule is CCCCCC(=O)N1CCc2c(c3ccccc3n2CC(=O)OCC)C1. The standard InChI is InChI=1S/C21H28N2O3/c1-3-5-6-11-20(24)22-13-12-19-17(14-22)16-9-7-8-10-18(16)23(19)15-21(25)26-4-2/h7-10H,3-6,11-15H2,1-2H3. The van der Waals surface area contributed by atoms with Crippen LogP contribution in [-0.2, 0) is 33.8 Å². The summed E-state index contributed by atoms with van der Waals surface area (Å²) in [5.74, 6) is 0.0282. The second-order valence-electron chi connectivity index (χ2n) is 6.86. The first-order chi connectivity index (χ1) is 12.7. The Balaban J connectivity index is 1.86. The molecule has 0 fully saturated rings. The van der Waals surface area contributed by atoms with Crippen LogP contribution in [0.1, 0.15) is 50.8 Å². The molecule has 2 heterocycles. The van der Waals surface area contributed by atoms with Gasteiger partial charge in [-0.25, -0.2) is 0 Å². The van der Waals surface area contributed by atoms with E-state index in [0.29, 0.717) is 19.6 Å². The molecule has 0 bridgehead atoms. The normalized spacial score (nSPS) is 13.7. The highest BCUT2D eigenvalue weighted by atomic mass is 16.5. The van der Waals surface area contributed by atoms with Gasteiger partial charge in [0.2, 0.25) is 5.91 Å². The van der Waals surface area contributed by atoms with Crippen LogP contribution in [-0.4, -0.2) is 34.5 Å². The third-order valence-corrected chi connectivity index (χ3v) is 5.10. The van der Waals surface area contributed by atoms with Gasteiger partial charge in [0.05, 0.1) is 6.61 Å². The Bertz CT molecular complexity index is 794. The number of unbranched alkanes of at least 4 members (excludes halogenated alkanes) is 2. The first-order valence-electron chi connectivity index (χ1n) is 9.68. The fraction of sp³-hybridized carbons (Fsp3) is 0.524. The third kappa shape index (κ3) is 3.76. The van der Waals surface area contributed by atoms with Crippen molar-refractivity contribution < 1.29 is 14.3 Å². The number of aromatic nitrogens is 1. The van der Waals surface area contributed by atoms with E-state index in [2.05, 4.69) is 17.6 Å². The molecule has 140 valence electrons. The van der Waals surface area contributed by atoms with Gasteiger partial charge in [-0.2, -0.15) is 0 Å². The average Bonchev–Trinajstić information content (AvgIpc) is 2.95. The van der Waals surface area contributed by atoms with E-state index in [4.69, 9.17) is 4.74 Å². The number of amides is 1. The summed E-state index contributed by atoms with van der Waals surface area (Å²) in [6.45, 7) is 5.95. The molecule has 1 aromatic carbocycles. The molecule has 0 saturated carbocycles. The molecule has 0 unspecified atom stereocenters. The van der Waals surface area contributed by atoms with Gasteiger partial charge in [0, 0.05) is 48.1 Å². The van der Waals surface area contributed by atoms with Crippen LogP contribution in [0.4, 0.5) is 0 Å². The number of carbonyl (C=O) groups is 2. The fourth-order valence-electron chi connectivity index (χ4n) is 3.81. The van der Waals surface area contributed by atoms with Gasteiger partial charge in [-0.1, -0.05) is 38.0 Å². The second kappa shape index (κ2) is 8.39. The van der Waals surface area contributed by atoms with Crippen molar-refractivity contribution in [3.63, 3.8) is 0 Å². The summed E-state index contributed by atoms with van der Waals surface area (Å²) in [5.41, 5.74) is 3.39. The van der Waals surface area contributed by atoms with Crippen LogP contribution in [0.2, 0.25) is 0 Å². The first kappa shape index (κ1) is 18.5. The Morgan fingerprint density at radius 1 is 1.15 bits per heavy atom. The molecule has 0 aliphatic carbocycles. The summed E-state index contributed by atoms with van der Waals surface area (Å²) in [7, 11) is 0. The van der Waals surface area contributed by atoms with E-state index in [1.165, 1.54) is 5.56 Å². The Morgan fingerprint density at radius 2 is 1.96 bits per heavy atom. The predicted molar refractivity (Wildman–Crippen MR) is 102 cm³/mol. The lowest BCUT2D eigenvalue weighted by molar-refractivity contribution is -0.143. The molecule has 26 heavy (non-hydrogen) atoms. The third-order valence-electron chi connectivity index (χ3n) is 5.10. The summed E-state index contributed by atoms with van der Waals surface area (Å²) in [6.07, 6.45) is 4.60. The van der Waals surface area contributed by atoms with Gasteiger partial charge >= 0.3 is 5.97 Å². The number of carbonyl (C=O) groups excluding carboxylic acids is 2. The Labute approximate surface area is 154 Å². The van der Waals surface area contributed by atoms with Crippen LogP contribution < -0.4 is 0 Å². The minimum absolute atomic E-state index is 0.214. The van der Waals surface area contributed by atoms with Gasteiger partial charge in [0.25, 0.3) is 0 Å². The van der Waals surface area contributed by atoms with Crippen LogP contribution in [0, 0.1) is 0 Å². The van der Waals surface area contributed by atoms with Crippen LogP contribution in [0.25, 0.3) is 10.9 Å². The highest BCUT2D eigenvalue weighted by Gasteiger charge is 2.26. The lowest BCUT2D eigenvalue weighted by Gasteiger charge is -2.28. The minimum Gasteiger partial charge on any atom is -0.465 e. The average molecular weight is 356 g/mol. The van der Waals surface area contributed by atoms with Gasteiger partial charge in [-0.05, 0) is 19.4 Å². The molecule has 0 saturated heterocycles. The van der Waals surface area contributed by atoms with E-state index in [1.807, 2.05) is 30.0 Å². The first-order valence-corrected chi connectivity index (χ1v) is 9.68. The summed E-state index contributed by atoms with van der Waals surface area (Å²) < 4.78 is 7.22. The van der Waals surface area contributed by atoms with Gasteiger partial charge in [0.1, 0.15) is 6.54 Å². The maximum atomic E-state index is 12.5. The number of para-hydroxylation sites is 1. The quantitative estimate of drug-likeness (QED) is 0.562. The number of esters is 1. The molecular formula is C21H28N2O3. The van der Waals surface area contributed by atoms with Crippen molar-refractivity contribution in [3.8, 4) is 0 Å². The minimum atomic E-state index is -0.214. The molecule has 5 heteroatoms. The number of rotatable bonds is 7. The van der Waals surface area contributed by atoms with E-state index in [-0.39, 0.29) is 18.4 Å². The van der Waals surface area contributed by atoms with Gasteiger partial charge in [0.15, 0.2) is 0 Å². The van der Waals surface area contributed by atoms with E-state index in [9.17, 15) is 9.59 Å². The van der Waals surface area contributed by atoms with Gasteiger partial charge in [-0.3, -0.25) is 9.59 Å². The summed E-state index contributed by atoms with van der Waals surface area (Å²) in [6, 6.07) is 8.13. The highest BCUT2D eigenvalue weighted by molar-refractivity contribution is 5.88. The van der Waals surface area contributed by atoms with Crippen LogP contribution in [0.15, 0.2) is 24.3 Å². The summed E-state index contributed by atoms with van der Waals surface area (Å²) in [4.78, 5) is 26.6. The molecule has 3 rings (SSSR count). The Hall–Kier alpha value is -2.30. The smallest absolute Gasteiger partial charge is 0.325 e. The predicted octanol–water partition coefficient (Wildman–Crippen LogP) is 3.67. The number of benzene rings is 1. The van der Waals surface area contributed by atoms with Crippen LogP contribution >= 0.6 is 0 Å². The van der Waals surface area contributed by atoms with E-state index < -0.39 is 0 Å². The zero-order valence-corrected chi connectivity index (χ0v) is 15.8. The molecular weight excluding hydrogens is 328 g/mol. The molecule has 1 aliphatic heterocycles. The molecule has 2 aromatic rings. The van der Waals surface area contributed by atoms with E-state index in [0.717, 1.165) is 48.8 Å². The number of fused-ring (bicyclic) bond motifs is 3. The maximum Gasteiger partial charge on any atom is 0.325 e. The lowest BCUT2D eigenvalue weighted by Crippen LogP contribution is -2.36.